The van der Waals surface area contributed by atoms with E-state index in [1.54, 1.807) is 7.11 Å². The highest BCUT2D eigenvalue weighted by molar-refractivity contribution is 6.30. The number of benzene rings is 2. The van der Waals surface area contributed by atoms with Crippen molar-refractivity contribution in [3.05, 3.63) is 64.2 Å². The lowest BCUT2D eigenvalue weighted by Gasteiger charge is -2.18. The molecular weight excluding hydrogens is 270 g/mol. The lowest BCUT2D eigenvalue weighted by Crippen LogP contribution is -2.15. The summed E-state index contributed by atoms with van der Waals surface area (Å²) in [6.45, 7) is 2.66. The number of hydrogen-bond donors (Lipinski definition) is 1. The van der Waals surface area contributed by atoms with Crippen LogP contribution in [0.15, 0.2) is 42.5 Å². The zero-order valence-corrected chi connectivity index (χ0v) is 12.7. The van der Waals surface area contributed by atoms with E-state index in [4.69, 9.17) is 22.1 Å². The fourth-order valence-corrected chi connectivity index (χ4v) is 2.63. The molecule has 0 heterocycles. The maximum atomic E-state index is 6.07. The van der Waals surface area contributed by atoms with Gasteiger partial charge in [-0.05, 0) is 49.2 Å². The van der Waals surface area contributed by atoms with Crippen molar-refractivity contribution in [3.63, 3.8) is 0 Å². The summed E-state index contributed by atoms with van der Waals surface area (Å²) in [6, 6.07) is 14.1. The summed E-state index contributed by atoms with van der Waals surface area (Å²) >= 11 is 6.07. The van der Waals surface area contributed by atoms with Gasteiger partial charge in [-0.2, -0.15) is 0 Å². The molecule has 2 aromatic rings. The first-order valence-corrected chi connectivity index (χ1v) is 7.11. The highest BCUT2D eigenvalue weighted by atomic mass is 35.5. The Bertz CT molecular complexity index is 583. The molecule has 0 aliphatic rings. The van der Waals surface area contributed by atoms with Crippen molar-refractivity contribution in [2.75, 3.05) is 13.7 Å². The third-order valence-electron chi connectivity index (χ3n) is 3.51. The molecule has 0 radical (unpaired) electrons. The van der Waals surface area contributed by atoms with E-state index in [1.807, 2.05) is 24.3 Å². The molecule has 0 saturated carbocycles. The van der Waals surface area contributed by atoms with Gasteiger partial charge in [-0.25, -0.2) is 0 Å². The summed E-state index contributed by atoms with van der Waals surface area (Å²) in [4.78, 5) is 0. The molecule has 2 N–H and O–H groups in total. The number of halogens is 1. The van der Waals surface area contributed by atoms with Crippen molar-refractivity contribution in [1.29, 1.82) is 0 Å². The number of aryl methyl sites for hydroxylation is 1. The standard InChI is InChI=1S/C17H20ClNO/c1-12-6-7-17(20-2)14(8-12)9-15(11-19)13-4-3-5-16(18)10-13/h3-8,10,15H,9,11,19H2,1-2H3. The first kappa shape index (κ1) is 14.9. The molecule has 0 fully saturated rings. The first-order valence-electron chi connectivity index (χ1n) is 6.73. The van der Waals surface area contributed by atoms with Crippen molar-refractivity contribution in [3.8, 4) is 5.75 Å². The van der Waals surface area contributed by atoms with Gasteiger partial charge in [0.15, 0.2) is 0 Å². The van der Waals surface area contributed by atoms with E-state index in [0.717, 1.165) is 17.2 Å². The molecular formula is C17H20ClNO. The first-order chi connectivity index (χ1) is 9.63. The summed E-state index contributed by atoms with van der Waals surface area (Å²) in [5.74, 6) is 1.15. The second kappa shape index (κ2) is 6.78. The fraction of sp³-hybridized carbons (Fsp3) is 0.294. The highest BCUT2D eigenvalue weighted by Gasteiger charge is 2.14. The molecule has 2 nitrogen and oxygen atoms in total. The molecule has 2 rings (SSSR count). The Balaban J connectivity index is 2.28. The second-order valence-electron chi connectivity index (χ2n) is 5.01. The molecule has 0 saturated heterocycles. The van der Waals surface area contributed by atoms with Crippen LogP contribution in [0.4, 0.5) is 0 Å². The predicted octanol–water partition coefficient (Wildman–Crippen LogP) is 3.94. The van der Waals surface area contributed by atoms with Crippen LogP contribution in [-0.4, -0.2) is 13.7 Å². The third-order valence-corrected chi connectivity index (χ3v) is 3.74. The fourth-order valence-electron chi connectivity index (χ4n) is 2.43. The van der Waals surface area contributed by atoms with Crippen LogP contribution in [0.25, 0.3) is 0 Å². The monoisotopic (exact) mass is 289 g/mol. The van der Waals surface area contributed by atoms with E-state index in [-0.39, 0.29) is 5.92 Å². The lowest BCUT2D eigenvalue weighted by atomic mass is 9.91. The average Bonchev–Trinajstić information content (AvgIpc) is 2.45. The van der Waals surface area contributed by atoms with Crippen LogP contribution in [0.3, 0.4) is 0 Å². The minimum Gasteiger partial charge on any atom is -0.496 e. The van der Waals surface area contributed by atoms with Gasteiger partial charge in [-0.3, -0.25) is 0 Å². The smallest absolute Gasteiger partial charge is 0.122 e. The summed E-state index contributed by atoms with van der Waals surface area (Å²) in [5, 5.41) is 0.747. The molecule has 0 aromatic heterocycles. The Kier molecular flexibility index (Phi) is 5.05. The van der Waals surface area contributed by atoms with E-state index >= 15 is 0 Å². The third kappa shape index (κ3) is 3.53. The largest absolute Gasteiger partial charge is 0.496 e. The van der Waals surface area contributed by atoms with E-state index in [2.05, 4.69) is 25.1 Å². The Morgan fingerprint density at radius 1 is 1.20 bits per heavy atom. The topological polar surface area (TPSA) is 35.2 Å². The molecule has 0 aliphatic heterocycles. The summed E-state index contributed by atoms with van der Waals surface area (Å²) in [6.07, 6.45) is 0.849. The molecule has 20 heavy (non-hydrogen) atoms. The number of hydrogen-bond acceptors (Lipinski definition) is 2. The predicted molar refractivity (Wildman–Crippen MR) is 84.7 cm³/mol. The minimum absolute atomic E-state index is 0.240. The minimum atomic E-state index is 0.240. The van der Waals surface area contributed by atoms with E-state index in [1.165, 1.54) is 16.7 Å². The molecule has 106 valence electrons. The van der Waals surface area contributed by atoms with E-state index < -0.39 is 0 Å². The average molecular weight is 290 g/mol. The molecule has 3 heteroatoms. The van der Waals surface area contributed by atoms with Gasteiger partial charge in [-0.1, -0.05) is 41.4 Å². The molecule has 1 atom stereocenters. The number of methoxy groups -OCH3 is 1. The van der Waals surface area contributed by atoms with Crippen molar-refractivity contribution < 1.29 is 4.74 Å². The lowest BCUT2D eigenvalue weighted by molar-refractivity contribution is 0.408. The van der Waals surface area contributed by atoms with Gasteiger partial charge >= 0.3 is 0 Å². The SMILES string of the molecule is COc1ccc(C)cc1CC(CN)c1cccc(Cl)c1. The van der Waals surface area contributed by atoms with Gasteiger partial charge in [-0.15, -0.1) is 0 Å². The van der Waals surface area contributed by atoms with E-state index in [0.29, 0.717) is 6.54 Å². The van der Waals surface area contributed by atoms with Crippen molar-refractivity contribution in [2.24, 2.45) is 5.73 Å². The van der Waals surface area contributed by atoms with Crippen molar-refractivity contribution in [1.82, 2.24) is 0 Å². The highest BCUT2D eigenvalue weighted by Crippen LogP contribution is 2.28. The molecule has 2 aromatic carbocycles. The number of ether oxygens (including phenoxy) is 1. The zero-order chi connectivity index (χ0) is 14.5. The molecule has 0 bridgehead atoms. The Labute approximate surface area is 125 Å². The number of rotatable bonds is 5. The van der Waals surface area contributed by atoms with Crippen LogP contribution in [0.5, 0.6) is 5.75 Å². The Morgan fingerprint density at radius 3 is 2.65 bits per heavy atom. The van der Waals surface area contributed by atoms with Gasteiger partial charge in [0, 0.05) is 10.9 Å². The van der Waals surface area contributed by atoms with Gasteiger partial charge in [0.25, 0.3) is 0 Å². The van der Waals surface area contributed by atoms with Gasteiger partial charge in [0.1, 0.15) is 5.75 Å². The van der Waals surface area contributed by atoms with Crippen LogP contribution in [0, 0.1) is 6.92 Å². The molecule has 0 spiro atoms. The van der Waals surface area contributed by atoms with Crippen LogP contribution >= 0.6 is 11.6 Å². The van der Waals surface area contributed by atoms with Gasteiger partial charge in [0.05, 0.1) is 7.11 Å². The van der Waals surface area contributed by atoms with Crippen LogP contribution < -0.4 is 10.5 Å². The maximum Gasteiger partial charge on any atom is 0.122 e. The molecule has 0 amide bonds. The second-order valence-corrected chi connectivity index (χ2v) is 5.44. The zero-order valence-electron chi connectivity index (χ0n) is 11.9. The van der Waals surface area contributed by atoms with Crippen molar-refractivity contribution >= 4 is 11.6 Å². The van der Waals surface area contributed by atoms with Crippen molar-refractivity contribution in [2.45, 2.75) is 19.3 Å². The quantitative estimate of drug-likeness (QED) is 0.905. The number of nitrogens with two attached hydrogens (primary N) is 1. The van der Waals surface area contributed by atoms with Crippen LogP contribution in [0.1, 0.15) is 22.6 Å². The van der Waals surface area contributed by atoms with Crippen LogP contribution in [-0.2, 0) is 6.42 Å². The summed E-state index contributed by atoms with van der Waals surface area (Å²) < 4.78 is 5.44. The van der Waals surface area contributed by atoms with Gasteiger partial charge in [0.2, 0.25) is 0 Å². The summed E-state index contributed by atoms with van der Waals surface area (Å²) in [5.41, 5.74) is 9.53. The normalized spacial score (nSPS) is 12.2. The molecule has 1 unspecified atom stereocenters. The summed E-state index contributed by atoms with van der Waals surface area (Å²) in [7, 11) is 1.70. The van der Waals surface area contributed by atoms with Gasteiger partial charge < -0.3 is 10.5 Å². The van der Waals surface area contributed by atoms with E-state index in [9.17, 15) is 0 Å². The Hall–Kier alpha value is -1.51. The van der Waals surface area contributed by atoms with Crippen LogP contribution in [0.2, 0.25) is 5.02 Å². The maximum absolute atomic E-state index is 6.07. The molecule has 0 aliphatic carbocycles. The Morgan fingerprint density at radius 2 is 2.00 bits per heavy atom.